The van der Waals surface area contributed by atoms with Crippen LogP contribution in [0.25, 0.3) is 0 Å². The van der Waals surface area contributed by atoms with Crippen molar-refractivity contribution in [3.8, 4) is 0 Å². The van der Waals surface area contributed by atoms with Crippen molar-refractivity contribution in [2.24, 2.45) is 0 Å². The summed E-state index contributed by atoms with van der Waals surface area (Å²) in [5.74, 6) is -2.08. The van der Waals surface area contributed by atoms with Gasteiger partial charge in [-0.1, -0.05) is 54.1 Å². The molecule has 9 nitrogen and oxygen atoms in total. The lowest BCUT2D eigenvalue weighted by Crippen LogP contribution is -2.61. The SMILES string of the molecule is COC(=O)C1(C(=O)OC)Cc2cc(C[C@@H](C)NCC(O)c3cccc(Cl)c3)ccc2N1S(=O)(=O)c1ccccc1. The Bertz CT molecular complexity index is 1480. The van der Waals surface area contributed by atoms with Gasteiger partial charge < -0.3 is 19.9 Å². The second-order valence-electron chi connectivity index (χ2n) is 9.65. The van der Waals surface area contributed by atoms with E-state index in [-0.39, 0.29) is 23.0 Å². The van der Waals surface area contributed by atoms with E-state index in [1.54, 1.807) is 60.7 Å². The summed E-state index contributed by atoms with van der Waals surface area (Å²) in [6.07, 6.45) is -0.472. The maximum Gasteiger partial charge on any atom is 0.344 e. The van der Waals surface area contributed by atoms with Crippen LogP contribution in [-0.4, -0.2) is 57.8 Å². The number of benzene rings is 3. The number of aliphatic hydroxyl groups is 1. The molecule has 0 saturated heterocycles. The lowest BCUT2D eigenvalue weighted by atomic mass is 9.94. The van der Waals surface area contributed by atoms with Crippen molar-refractivity contribution in [3.63, 3.8) is 0 Å². The summed E-state index contributed by atoms with van der Waals surface area (Å²) in [4.78, 5) is 26.3. The molecule has 3 aromatic rings. The number of carbonyl (C=O) groups excluding carboxylic acids is 2. The van der Waals surface area contributed by atoms with Gasteiger partial charge in [0.1, 0.15) is 0 Å². The second-order valence-corrected chi connectivity index (χ2v) is 11.9. The van der Waals surface area contributed by atoms with Crippen molar-refractivity contribution in [2.75, 3.05) is 25.1 Å². The molecule has 4 rings (SSSR count). The highest BCUT2D eigenvalue weighted by Gasteiger charge is 2.62. The van der Waals surface area contributed by atoms with Crippen LogP contribution < -0.4 is 9.62 Å². The van der Waals surface area contributed by atoms with E-state index in [1.807, 2.05) is 6.92 Å². The quantitative estimate of drug-likeness (QED) is 0.274. The first kappa shape index (κ1) is 29.5. The summed E-state index contributed by atoms with van der Waals surface area (Å²) >= 11 is 6.03. The zero-order valence-corrected chi connectivity index (χ0v) is 23.9. The number of sulfonamides is 1. The molecule has 0 amide bonds. The molecule has 1 heterocycles. The summed E-state index contributed by atoms with van der Waals surface area (Å²) in [6, 6.07) is 19.7. The van der Waals surface area contributed by atoms with Crippen LogP contribution in [0.5, 0.6) is 0 Å². The number of methoxy groups -OCH3 is 2. The standard InChI is InChI=1S/C29H31ClN2O7S/c1-19(31-18-26(33)21-8-7-9-23(30)16-21)14-20-12-13-25-22(15-20)17-29(27(34)38-2,28(35)39-3)32(25)40(36,37)24-10-5-4-6-11-24/h4-13,15-16,19,26,31,33H,14,17-18H2,1-3H3/t19-,26?/m1/s1. The smallest absolute Gasteiger partial charge is 0.344 e. The molecule has 0 aromatic heterocycles. The predicted octanol–water partition coefficient (Wildman–Crippen LogP) is 3.43. The molecule has 0 radical (unpaired) electrons. The highest BCUT2D eigenvalue weighted by Crippen LogP contribution is 2.44. The third-order valence-corrected chi connectivity index (χ3v) is 9.01. The Hall–Kier alpha value is -3.44. The van der Waals surface area contributed by atoms with Crippen LogP contribution >= 0.6 is 11.6 Å². The Morgan fingerprint density at radius 1 is 1.02 bits per heavy atom. The average molecular weight is 587 g/mol. The van der Waals surface area contributed by atoms with Crippen molar-refractivity contribution in [3.05, 3.63) is 94.5 Å². The number of carbonyl (C=O) groups is 2. The number of fused-ring (bicyclic) bond motifs is 1. The topological polar surface area (TPSA) is 122 Å². The molecule has 2 atom stereocenters. The minimum absolute atomic E-state index is 0.0663. The minimum Gasteiger partial charge on any atom is -0.467 e. The van der Waals surface area contributed by atoms with E-state index in [0.29, 0.717) is 29.1 Å². The fourth-order valence-electron chi connectivity index (χ4n) is 4.99. The molecule has 2 N–H and O–H groups in total. The fourth-order valence-corrected chi connectivity index (χ4v) is 6.96. The van der Waals surface area contributed by atoms with E-state index < -0.39 is 33.6 Å². The molecular formula is C29H31ClN2O7S. The first-order valence-electron chi connectivity index (χ1n) is 12.6. The maximum atomic E-state index is 13.9. The number of esters is 2. The predicted molar refractivity (Wildman–Crippen MR) is 151 cm³/mol. The van der Waals surface area contributed by atoms with E-state index in [4.69, 9.17) is 21.1 Å². The minimum atomic E-state index is -4.37. The monoisotopic (exact) mass is 586 g/mol. The lowest BCUT2D eigenvalue weighted by Gasteiger charge is -2.34. The molecular weight excluding hydrogens is 556 g/mol. The van der Waals surface area contributed by atoms with Gasteiger partial charge in [-0.25, -0.2) is 22.3 Å². The largest absolute Gasteiger partial charge is 0.467 e. The molecule has 40 heavy (non-hydrogen) atoms. The summed E-state index contributed by atoms with van der Waals surface area (Å²) in [5.41, 5.74) is -0.0336. The van der Waals surface area contributed by atoms with Crippen molar-refractivity contribution in [1.29, 1.82) is 0 Å². The number of hydrogen-bond acceptors (Lipinski definition) is 8. The molecule has 0 fully saturated rings. The Morgan fingerprint density at radius 3 is 2.33 bits per heavy atom. The van der Waals surface area contributed by atoms with Gasteiger partial charge in [0.05, 0.1) is 30.9 Å². The molecule has 3 aromatic carbocycles. The van der Waals surface area contributed by atoms with Crippen molar-refractivity contribution in [1.82, 2.24) is 5.32 Å². The van der Waals surface area contributed by atoms with E-state index in [2.05, 4.69) is 5.32 Å². The van der Waals surface area contributed by atoms with Gasteiger partial charge in [0.2, 0.25) is 0 Å². The van der Waals surface area contributed by atoms with Gasteiger partial charge in [-0.2, -0.15) is 0 Å². The van der Waals surface area contributed by atoms with Crippen LogP contribution in [0.4, 0.5) is 5.69 Å². The highest BCUT2D eigenvalue weighted by atomic mass is 35.5. The van der Waals surface area contributed by atoms with Crippen molar-refractivity contribution >= 4 is 39.3 Å². The zero-order valence-electron chi connectivity index (χ0n) is 22.3. The Kier molecular flexibility index (Phi) is 8.84. The Morgan fingerprint density at radius 2 is 1.70 bits per heavy atom. The van der Waals surface area contributed by atoms with Crippen LogP contribution in [0.1, 0.15) is 29.7 Å². The van der Waals surface area contributed by atoms with Gasteiger partial charge in [-0.3, -0.25) is 0 Å². The number of halogens is 1. The summed E-state index contributed by atoms with van der Waals surface area (Å²) < 4.78 is 38.5. The number of hydrogen-bond donors (Lipinski definition) is 2. The number of rotatable bonds is 10. The van der Waals surface area contributed by atoms with Crippen molar-refractivity contribution < 1.29 is 32.6 Å². The molecule has 0 bridgehead atoms. The molecule has 0 aliphatic carbocycles. The Balaban J connectivity index is 1.63. The first-order valence-corrected chi connectivity index (χ1v) is 14.4. The van der Waals surface area contributed by atoms with Crippen LogP contribution in [-0.2, 0) is 41.9 Å². The summed E-state index contributed by atoms with van der Waals surface area (Å²) in [6.45, 7) is 2.25. The van der Waals surface area contributed by atoms with Gasteiger partial charge in [0.15, 0.2) is 0 Å². The molecule has 1 aliphatic heterocycles. The molecule has 0 saturated carbocycles. The van der Waals surface area contributed by atoms with Gasteiger partial charge in [-0.05, 0) is 60.4 Å². The molecule has 11 heteroatoms. The zero-order chi connectivity index (χ0) is 29.1. The third-order valence-electron chi connectivity index (χ3n) is 6.92. The Labute approximate surface area is 238 Å². The van der Waals surface area contributed by atoms with E-state index in [9.17, 15) is 23.1 Å². The normalized spacial score (nSPS) is 15.7. The number of ether oxygens (including phenoxy) is 2. The van der Waals surface area contributed by atoms with Crippen LogP contribution in [0.15, 0.2) is 77.7 Å². The van der Waals surface area contributed by atoms with Gasteiger partial charge in [0, 0.05) is 24.0 Å². The van der Waals surface area contributed by atoms with Crippen molar-refractivity contribution in [2.45, 2.75) is 42.3 Å². The van der Waals surface area contributed by atoms with E-state index in [0.717, 1.165) is 24.1 Å². The summed E-state index contributed by atoms with van der Waals surface area (Å²) in [7, 11) is -2.18. The lowest BCUT2D eigenvalue weighted by molar-refractivity contribution is -0.160. The molecule has 212 valence electrons. The average Bonchev–Trinajstić information content (AvgIpc) is 3.31. The van der Waals surface area contributed by atoms with Gasteiger partial charge >= 0.3 is 11.9 Å². The van der Waals surface area contributed by atoms with Crippen LogP contribution in [0.3, 0.4) is 0 Å². The number of aliphatic hydroxyl groups excluding tert-OH is 1. The molecule has 1 unspecified atom stereocenters. The van der Waals surface area contributed by atoms with Gasteiger partial charge in [-0.15, -0.1) is 0 Å². The molecule has 1 aliphatic rings. The van der Waals surface area contributed by atoms with Crippen LogP contribution in [0.2, 0.25) is 5.02 Å². The van der Waals surface area contributed by atoms with E-state index in [1.165, 1.54) is 12.1 Å². The third kappa shape index (κ3) is 5.57. The van der Waals surface area contributed by atoms with E-state index >= 15 is 0 Å². The number of nitrogens with zero attached hydrogens (tertiary/aromatic N) is 1. The fraction of sp³-hybridized carbons (Fsp3) is 0.310. The number of anilines is 1. The molecule has 0 spiro atoms. The van der Waals surface area contributed by atoms with Crippen LogP contribution in [0, 0.1) is 0 Å². The number of nitrogens with one attached hydrogen (secondary N) is 1. The van der Waals surface area contributed by atoms with Gasteiger partial charge in [0.25, 0.3) is 15.6 Å². The summed E-state index contributed by atoms with van der Waals surface area (Å²) in [5, 5.41) is 14.4. The highest BCUT2D eigenvalue weighted by molar-refractivity contribution is 7.93. The maximum absolute atomic E-state index is 13.9. The second kappa shape index (κ2) is 12.0. The first-order chi connectivity index (χ1) is 19.0.